The van der Waals surface area contributed by atoms with Gasteiger partial charge < -0.3 is 4.90 Å². The van der Waals surface area contributed by atoms with Crippen molar-refractivity contribution in [2.45, 2.75) is 37.8 Å². The molecule has 8 heteroatoms. The number of rotatable bonds is 2. The molecule has 3 rings (SSSR count). The number of hydrazine groups is 1. The SMILES string of the molecule is O=C(NN1CCCC1=O)C1CCC2CN1C(=O)N2O. The molecular formula is C11H16N4O4. The van der Waals surface area contributed by atoms with Crippen LogP contribution in [0, 0.1) is 0 Å². The molecule has 0 radical (unpaired) electrons. The van der Waals surface area contributed by atoms with Gasteiger partial charge in [-0.25, -0.2) is 9.86 Å². The van der Waals surface area contributed by atoms with E-state index in [-0.39, 0.29) is 17.9 Å². The Morgan fingerprint density at radius 3 is 2.79 bits per heavy atom. The first-order chi connectivity index (χ1) is 9.08. The second-order valence-corrected chi connectivity index (χ2v) is 5.15. The summed E-state index contributed by atoms with van der Waals surface area (Å²) < 4.78 is 0. The fourth-order valence-electron chi connectivity index (χ4n) is 2.90. The van der Waals surface area contributed by atoms with Gasteiger partial charge in [0.25, 0.3) is 5.91 Å². The summed E-state index contributed by atoms with van der Waals surface area (Å²) in [6.45, 7) is 0.876. The molecule has 3 aliphatic rings. The lowest BCUT2D eigenvalue weighted by Crippen LogP contribution is -2.54. The van der Waals surface area contributed by atoms with E-state index in [0.717, 1.165) is 6.42 Å². The minimum absolute atomic E-state index is 0.0985. The Morgan fingerprint density at radius 2 is 2.11 bits per heavy atom. The van der Waals surface area contributed by atoms with Gasteiger partial charge in [-0.15, -0.1) is 0 Å². The van der Waals surface area contributed by atoms with Crippen molar-refractivity contribution in [1.29, 1.82) is 0 Å². The minimum Gasteiger partial charge on any atom is -0.309 e. The summed E-state index contributed by atoms with van der Waals surface area (Å²) in [6.07, 6.45) is 2.27. The van der Waals surface area contributed by atoms with Gasteiger partial charge in [0.1, 0.15) is 6.04 Å². The van der Waals surface area contributed by atoms with E-state index < -0.39 is 12.1 Å². The van der Waals surface area contributed by atoms with Crippen molar-refractivity contribution < 1.29 is 19.6 Å². The molecule has 104 valence electrons. The molecule has 0 aromatic heterocycles. The lowest BCUT2D eigenvalue weighted by molar-refractivity contribution is -0.140. The maximum absolute atomic E-state index is 12.1. The predicted molar refractivity (Wildman–Crippen MR) is 61.6 cm³/mol. The first kappa shape index (κ1) is 12.2. The van der Waals surface area contributed by atoms with Crippen molar-refractivity contribution in [2.75, 3.05) is 13.1 Å². The highest BCUT2D eigenvalue weighted by molar-refractivity contribution is 5.90. The van der Waals surface area contributed by atoms with Crippen LogP contribution in [-0.2, 0) is 9.59 Å². The maximum atomic E-state index is 12.1. The number of amides is 4. The largest absolute Gasteiger partial charge is 0.344 e. The zero-order valence-corrected chi connectivity index (χ0v) is 10.4. The summed E-state index contributed by atoms with van der Waals surface area (Å²) in [7, 11) is 0. The van der Waals surface area contributed by atoms with Crippen molar-refractivity contribution in [2.24, 2.45) is 0 Å². The second kappa shape index (κ2) is 4.37. The zero-order valence-electron chi connectivity index (χ0n) is 10.4. The van der Waals surface area contributed by atoms with Gasteiger partial charge in [0.05, 0.1) is 6.04 Å². The van der Waals surface area contributed by atoms with Crippen molar-refractivity contribution in [3.63, 3.8) is 0 Å². The van der Waals surface area contributed by atoms with Crippen LogP contribution in [0.25, 0.3) is 0 Å². The van der Waals surface area contributed by atoms with E-state index >= 15 is 0 Å². The Kier molecular flexibility index (Phi) is 2.81. The molecule has 3 fully saturated rings. The van der Waals surface area contributed by atoms with Crippen molar-refractivity contribution in [1.82, 2.24) is 20.4 Å². The number of carbonyl (C=O) groups excluding carboxylic acids is 3. The Balaban J connectivity index is 1.67. The third-order valence-corrected chi connectivity index (χ3v) is 3.97. The molecule has 2 atom stereocenters. The third kappa shape index (κ3) is 1.92. The molecule has 4 amide bonds. The average Bonchev–Trinajstić information content (AvgIpc) is 2.89. The van der Waals surface area contributed by atoms with E-state index in [4.69, 9.17) is 0 Å². The number of nitrogens with one attached hydrogen (secondary N) is 1. The lowest BCUT2D eigenvalue weighted by Gasteiger charge is -2.30. The molecule has 19 heavy (non-hydrogen) atoms. The molecule has 8 nitrogen and oxygen atoms in total. The van der Waals surface area contributed by atoms with E-state index in [1.165, 1.54) is 9.91 Å². The van der Waals surface area contributed by atoms with Crippen LogP contribution in [0.15, 0.2) is 0 Å². The molecule has 0 aromatic carbocycles. The van der Waals surface area contributed by atoms with Crippen LogP contribution in [0.3, 0.4) is 0 Å². The zero-order chi connectivity index (χ0) is 13.6. The molecule has 2 N–H and O–H groups in total. The van der Waals surface area contributed by atoms with Gasteiger partial charge in [-0.2, -0.15) is 0 Å². The summed E-state index contributed by atoms with van der Waals surface area (Å²) in [5.74, 6) is -0.448. The normalized spacial score (nSPS) is 30.3. The molecular weight excluding hydrogens is 252 g/mol. The van der Waals surface area contributed by atoms with Gasteiger partial charge in [-0.05, 0) is 19.3 Å². The number of hydroxylamine groups is 2. The monoisotopic (exact) mass is 268 g/mol. The van der Waals surface area contributed by atoms with Gasteiger partial charge in [-0.3, -0.25) is 25.2 Å². The molecule has 2 unspecified atom stereocenters. The summed E-state index contributed by atoms with van der Waals surface area (Å²) in [4.78, 5) is 36.7. The Morgan fingerprint density at radius 1 is 1.32 bits per heavy atom. The minimum atomic E-state index is -0.603. The summed E-state index contributed by atoms with van der Waals surface area (Å²) in [5, 5.41) is 11.6. The molecule has 3 heterocycles. The molecule has 0 saturated carbocycles. The van der Waals surface area contributed by atoms with Gasteiger partial charge in [-0.1, -0.05) is 0 Å². The topological polar surface area (TPSA) is 93.2 Å². The fraction of sp³-hybridized carbons (Fsp3) is 0.727. The van der Waals surface area contributed by atoms with Crippen LogP contribution in [0.4, 0.5) is 4.79 Å². The van der Waals surface area contributed by atoms with Gasteiger partial charge in [0.2, 0.25) is 5.91 Å². The smallest absolute Gasteiger partial charge is 0.309 e. The number of nitrogens with zero attached hydrogens (tertiary/aromatic N) is 3. The number of urea groups is 1. The summed E-state index contributed by atoms with van der Waals surface area (Å²) in [6, 6.07) is -1.35. The van der Waals surface area contributed by atoms with Crippen molar-refractivity contribution in [3.05, 3.63) is 0 Å². The van der Waals surface area contributed by atoms with Crippen LogP contribution in [0.2, 0.25) is 0 Å². The van der Waals surface area contributed by atoms with Crippen LogP contribution in [0.5, 0.6) is 0 Å². The molecule has 2 bridgehead atoms. The van der Waals surface area contributed by atoms with E-state index in [1.807, 2.05) is 0 Å². The average molecular weight is 268 g/mol. The number of hydrogen-bond acceptors (Lipinski definition) is 4. The highest BCUT2D eigenvalue weighted by atomic mass is 16.5. The van der Waals surface area contributed by atoms with Crippen molar-refractivity contribution >= 4 is 17.8 Å². The van der Waals surface area contributed by atoms with E-state index in [2.05, 4.69) is 5.43 Å². The van der Waals surface area contributed by atoms with Gasteiger partial charge in [0.15, 0.2) is 0 Å². The highest BCUT2D eigenvalue weighted by Crippen LogP contribution is 2.28. The van der Waals surface area contributed by atoms with E-state index in [9.17, 15) is 19.6 Å². The summed E-state index contributed by atoms with van der Waals surface area (Å²) >= 11 is 0. The quantitative estimate of drug-likeness (QED) is 0.647. The Labute approximate surface area is 109 Å². The van der Waals surface area contributed by atoms with Crippen LogP contribution >= 0.6 is 0 Å². The molecule has 0 spiro atoms. The number of piperidine rings is 1. The standard InChI is InChI=1S/C11H16N4O4/c16-9-2-1-5-14(9)12-10(17)8-4-3-7-6-13(8)11(18)15(7)19/h7-8,19H,1-6H2,(H,12,17). The first-order valence-corrected chi connectivity index (χ1v) is 6.47. The summed E-state index contributed by atoms with van der Waals surface area (Å²) in [5.41, 5.74) is 2.57. The maximum Gasteiger partial charge on any atom is 0.344 e. The van der Waals surface area contributed by atoms with Crippen LogP contribution in [0.1, 0.15) is 25.7 Å². The second-order valence-electron chi connectivity index (χ2n) is 5.15. The number of carbonyl (C=O) groups is 3. The van der Waals surface area contributed by atoms with Gasteiger partial charge >= 0.3 is 6.03 Å². The van der Waals surface area contributed by atoms with E-state index in [0.29, 0.717) is 37.4 Å². The lowest BCUT2D eigenvalue weighted by atomic mass is 10.0. The molecule has 0 aromatic rings. The fourth-order valence-corrected chi connectivity index (χ4v) is 2.90. The number of hydrogen-bond donors (Lipinski definition) is 2. The number of fused-ring (bicyclic) bond motifs is 2. The third-order valence-electron chi connectivity index (χ3n) is 3.97. The Bertz CT molecular complexity index is 440. The molecule has 3 saturated heterocycles. The van der Waals surface area contributed by atoms with Crippen LogP contribution < -0.4 is 5.43 Å². The first-order valence-electron chi connectivity index (χ1n) is 6.47. The Hall–Kier alpha value is -1.83. The molecule has 0 aliphatic carbocycles. The van der Waals surface area contributed by atoms with Gasteiger partial charge in [0, 0.05) is 19.5 Å². The van der Waals surface area contributed by atoms with Crippen LogP contribution in [-0.4, -0.2) is 63.2 Å². The van der Waals surface area contributed by atoms with E-state index in [1.54, 1.807) is 0 Å². The highest BCUT2D eigenvalue weighted by Gasteiger charge is 2.47. The van der Waals surface area contributed by atoms with Crippen molar-refractivity contribution in [3.8, 4) is 0 Å². The molecule has 3 aliphatic heterocycles. The predicted octanol–water partition coefficient (Wildman–Crippen LogP) is -0.702.